The van der Waals surface area contributed by atoms with Gasteiger partial charge in [-0.2, -0.15) is 0 Å². The van der Waals surface area contributed by atoms with Crippen LogP contribution in [0.3, 0.4) is 0 Å². The minimum absolute atomic E-state index is 0.481. The second-order valence-electron chi connectivity index (χ2n) is 3.14. The average molecular weight is 300 g/mol. The Morgan fingerprint density at radius 1 is 1.58 bits per heavy atom. The van der Waals surface area contributed by atoms with E-state index in [1.807, 2.05) is 0 Å². The Labute approximate surface area is 90.8 Å². The van der Waals surface area contributed by atoms with Crippen LogP contribution < -0.4 is 0 Å². The molecule has 0 aliphatic rings. The SMILES string of the molecule is CC(C)CCc1onc(Cl)c1I. The van der Waals surface area contributed by atoms with Crippen LogP contribution in [0.5, 0.6) is 0 Å². The first kappa shape index (κ1) is 10.3. The zero-order valence-corrected chi connectivity index (χ0v) is 10.0. The fourth-order valence-corrected chi connectivity index (χ4v) is 1.47. The largest absolute Gasteiger partial charge is 0.359 e. The molecule has 0 unspecified atom stereocenters. The van der Waals surface area contributed by atoms with E-state index in [9.17, 15) is 0 Å². The minimum atomic E-state index is 0.481. The molecule has 1 heterocycles. The normalized spacial score (nSPS) is 11.1. The van der Waals surface area contributed by atoms with Gasteiger partial charge in [0.15, 0.2) is 10.9 Å². The maximum absolute atomic E-state index is 5.73. The monoisotopic (exact) mass is 299 g/mol. The Balaban J connectivity index is 2.58. The Hall–Kier alpha value is 0.230. The Morgan fingerprint density at radius 2 is 2.25 bits per heavy atom. The van der Waals surface area contributed by atoms with Crippen molar-refractivity contribution in [3.63, 3.8) is 0 Å². The summed E-state index contributed by atoms with van der Waals surface area (Å²) in [5.41, 5.74) is 0. The number of rotatable bonds is 3. The zero-order chi connectivity index (χ0) is 9.14. The molecule has 0 N–H and O–H groups in total. The second kappa shape index (κ2) is 4.46. The highest BCUT2D eigenvalue weighted by atomic mass is 127. The summed E-state index contributed by atoms with van der Waals surface area (Å²) in [6.07, 6.45) is 2.04. The summed E-state index contributed by atoms with van der Waals surface area (Å²) in [4.78, 5) is 0. The Morgan fingerprint density at radius 3 is 2.67 bits per heavy atom. The number of aromatic nitrogens is 1. The molecule has 0 saturated heterocycles. The fraction of sp³-hybridized carbons (Fsp3) is 0.625. The van der Waals surface area contributed by atoms with Gasteiger partial charge in [0.05, 0.1) is 3.57 Å². The molecule has 0 radical (unpaired) electrons. The highest BCUT2D eigenvalue weighted by molar-refractivity contribution is 14.1. The van der Waals surface area contributed by atoms with Crippen LogP contribution in [0.1, 0.15) is 26.0 Å². The van der Waals surface area contributed by atoms with Gasteiger partial charge in [-0.3, -0.25) is 0 Å². The van der Waals surface area contributed by atoms with Crippen molar-refractivity contribution in [2.45, 2.75) is 26.7 Å². The summed E-state index contributed by atoms with van der Waals surface area (Å²) in [5.74, 6) is 1.60. The number of aryl methyl sites for hydroxylation is 1. The predicted molar refractivity (Wildman–Crippen MR) is 57.4 cm³/mol. The summed E-state index contributed by atoms with van der Waals surface area (Å²) in [5, 5.41) is 4.16. The van der Waals surface area contributed by atoms with Gasteiger partial charge >= 0.3 is 0 Å². The van der Waals surface area contributed by atoms with E-state index < -0.39 is 0 Å². The molecule has 0 saturated carbocycles. The van der Waals surface area contributed by atoms with Gasteiger partial charge in [-0.05, 0) is 34.9 Å². The van der Waals surface area contributed by atoms with Crippen LogP contribution >= 0.6 is 34.2 Å². The predicted octanol–water partition coefficient (Wildman–Crippen LogP) is 3.52. The first-order valence-electron chi connectivity index (χ1n) is 3.90. The quantitative estimate of drug-likeness (QED) is 0.798. The summed E-state index contributed by atoms with van der Waals surface area (Å²) < 4.78 is 6.01. The summed E-state index contributed by atoms with van der Waals surface area (Å²) in [6.45, 7) is 4.37. The summed E-state index contributed by atoms with van der Waals surface area (Å²) in [7, 11) is 0. The lowest BCUT2D eigenvalue weighted by Crippen LogP contribution is -1.91. The third kappa shape index (κ3) is 2.62. The lowest BCUT2D eigenvalue weighted by molar-refractivity contribution is 0.372. The van der Waals surface area contributed by atoms with Gasteiger partial charge in [0, 0.05) is 6.42 Å². The molecule has 0 atom stereocenters. The Kier molecular flexibility index (Phi) is 3.83. The lowest BCUT2D eigenvalue weighted by Gasteiger charge is -2.00. The van der Waals surface area contributed by atoms with Crippen LogP contribution in [-0.2, 0) is 6.42 Å². The molecule has 2 nitrogen and oxygen atoms in total. The molecule has 12 heavy (non-hydrogen) atoms. The van der Waals surface area contributed by atoms with Crippen LogP contribution in [0, 0.1) is 9.49 Å². The van der Waals surface area contributed by atoms with Crippen LogP contribution in [0.25, 0.3) is 0 Å². The minimum Gasteiger partial charge on any atom is -0.359 e. The van der Waals surface area contributed by atoms with E-state index in [4.69, 9.17) is 16.1 Å². The highest BCUT2D eigenvalue weighted by Gasteiger charge is 2.11. The molecule has 68 valence electrons. The van der Waals surface area contributed by atoms with Crippen molar-refractivity contribution in [2.75, 3.05) is 0 Å². The second-order valence-corrected chi connectivity index (χ2v) is 4.58. The highest BCUT2D eigenvalue weighted by Crippen LogP contribution is 2.22. The smallest absolute Gasteiger partial charge is 0.185 e. The maximum Gasteiger partial charge on any atom is 0.185 e. The molecule has 0 aliphatic heterocycles. The molecular formula is C8H11ClINO. The van der Waals surface area contributed by atoms with E-state index in [1.165, 1.54) is 0 Å². The van der Waals surface area contributed by atoms with Crippen LogP contribution in [0.15, 0.2) is 4.52 Å². The van der Waals surface area contributed by atoms with Crippen LogP contribution in [0.2, 0.25) is 5.15 Å². The van der Waals surface area contributed by atoms with Crippen molar-refractivity contribution < 1.29 is 4.52 Å². The van der Waals surface area contributed by atoms with Gasteiger partial charge in [0.1, 0.15) is 0 Å². The molecular weight excluding hydrogens is 288 g/mol. The van der Waals surface area contributed by atoms with Gasteiger partial charge in [0.2, 0.25) is 0 Å². The zero-order valence-electron chi connectivity index (χ0n) is 7.10. The van der Waals surface area contributed by atoms with E-state index >= 15 is 0 Å². The van der Waals surface area contributed by atoms with Gasteiger partial charge < -0.3 is 4.52 Å². The number of nitrogens with zero attached hydrogens (tertiary/aromatic N) is 1. The van der Waals surface area contributed by atoms with Crippen LogP contribution in [0.4, 0.5) is 0 Å². The van der Waals surface area contributed by atoms with Crippen molar-refractivity contribution in [1.82, 2.24) is 5.16 Å². The maximum atomic E-state index is 5.73. The third-order valence-electron chi connectivity index (χ3n) is 1.61. The van der Waals surface area contributed by atoms with Gasteiger partial charge in [0.25, 0.3) is 0 Å². The Bertz CT molecular complexity index is 260. The van der Waals surface area contributed by atoms with Crippen molar-refractivity contribution in [1.29, 1.82) is 0 Å². The molecule has 1 aromatic heterocycles. The third-order valence-corrected chi connectivity index (χ3v) is 3.30. The van der Waals surface area contributed by atoms with Gasteiger partial charge in [-0.15, -0.1) is 0 Å². The number of hydrogen-bond donors (Lipinski definition) is 0. The molecule has 0 spiro atoms. The first-order chi connectivity index (χ1) is 5.61. The summed E-state index contributed by atoms with van der Waals surface area (Å²) >= 11 is 7.89. The van der Waals surface area contributed by atoms with Crippen molar-refractivity contribution >= 4 is 34.2 Å². The topological polar surface area (TPSA) is 26.0 Å². The van der Waals surface area contributed by atoms with E-state index in [2.05, 4.69) is 41.6 Å². The lowest BCUT2D eigenvalue weighted by atomic mass is 10.1. The molecule has 0 aliphatic carbocycles. The van der Waals surface area contributed by atoms with E-state index in [0.29, 0.717) is 11.1 Å². The standard InChI is InChI=1S/C8H11ClINO/c1-5(2)3-4-6-7(10)8(9)11-12-6/h5H,3-4H2,1-2H3. The molecule has 1 rings (SSSR count). The van der Waals surface area contributed by atoms with E-state index in [-0.39, 0.29) is 0 Å². The number of halogens is 2. The van der Waals surface area contributed by atoms with Crippen molar-refractivity contribution in [2.24, 2.45) is 5.92 Å². The molecule has 0 fully saturated rings. The molecule has 0 bridgehead atoms. The molecule has 0 amide bonds. The fourth-order valence-electron chi connectivity index (χ4n) is 0.866. The molecule has 4 heteroatoms. The molecule has 0 aromatic carbocycles. The van der Waals surface area contributed by atoms with Gasteiger partial charge in [-0.1, -0.05) is 30.6 Å². The van der Waals surface area contributed by atoms with Crippen LogP contribution in [-0.4, -0.2) is 5.16 Å². The summed E-state index contributed by atoms with van der Waals surface area (Å²) in [6, 6.07) is 0. The van der Waals surface area contributed by atoms with Crippen molar-refractivity contribution in [3.05, 3.63) is 14.5 Å². The van der Waals surface area contributed by atoms with Crippen molar-refractivity contribution in [3.8, 4) is 0 Å². The average Bonchev–Trinajstić information content (AvgIpc) is 2.30. The van der Waals surface area contributed by atoms with E-state index in [0.717, 1.165) is 22.2 Å². The van der Waals surface area contributed by atoms with E-state index in [1.54, 1.807) is 0 Å². The first-order valence-corrected chi connectivity index (χ1v) is 5.36. The number of hydrogen-bond acceptors (Lipinski definition) is 2. The molecule has 1 aromatic rings. The van der Waals surface area contributed by atoms with Gasteiger partial charge in [-0.25, -0.2) is 0 Å².